The Balaban J connectivity index is 0.00000320. The van der Waals surface area contributed by atoms with Crippen LogP contribution in [0.3, 0.4) is 0 Å². The van der Waals surface area contributed by atoms with Crippen LogP contribution in [0.1, 0.15) is 20.3 Å². The Labute approximate surface area is 200 Å². The standard InChI is InChI=1S/C21H33FN4O2S.HI/c1-3-23-20(24-14-17(2)28-19-6-4-18(22)5-7-19)25-15-21(8-13-29-16-21)26-9-11-27-12-10-26;/h4-7,17H,3,8-16H2,1-2H3,(H2,23,24,25);1H. The second kappa shape index (κ2) is 12.9. The van der Waals surface area contributed by atoms with Crippen molar-refractivity contribution in [3.63, 3.8) is 0 Å². The van der Waals surface area contributed by atoms with Crippen molar-refractivity contribution >= 4 is 41.7 Å². The smallest absolute Gasteiger partial charge is 0.191 e. The summed E-state index contributed by atoms with van der Waals surface area (Å²) in [4.78, 5) is 7.50. The predicted octanol–water partition coefficient (Wildman–Crippen LogP) is 2.97. The number of halogens is 2. The van der Waals surface area contributed by atoms with Crippen LogP contribution in [0.15, 0.2) is 29.3 Å². The third-order valence-electron chi connectivity index (χ3n) is 5.35. The maximum atomic E-state index is 13.0. The topological polar surface area (TPSA) is 58.1 Å². The highest BCUT2D eigenvalue weighted by Crippen LogP contribution is 2.34. The van der Waals surface area contributed by atoms with Crippen molar-refractivity contribution in [2.24, 2.45) is 4.99 Å². The molecular formula is C21H34FIN4O2S. The van der Waals surface area contributed by atoms with Crippen LogP contribution in [0, 0.1) is 5.82 Å². The number of nitrogens with zero attached hydrogens (tertiary/aromatic N) is 2. The van der Waals surface area contributed by atoms with Crippen LogP contribution < -0.4 is 15.4 Å². The minimum absolute atomic E-state index is 0. The fraction of sp³-hybridized carbons (Fsp3) is 0.667. The lowest BCUT2D eigenvalue weighted by atomic mass is 9.96. The summed E-state index contributed by atoms with van der Waals surface area (Å²) in [6, 6.07) is 6.11. The molecule has 170 valence electrons. The first-order valence-corrected chi connectivity index (χ1v) is 11.6. The van der Waals surface area contributed by atoms with Crippen LogP contribution in [0.4, 0.5) is 4.39 Å². The molecule has 3 rings (SSSR count). The van der Waals surface area contributed by atoms with Crippen molar-refractivity contribution in [2.45, 2.75) is 31.9 Å². The molecule has 6 nitrogen and oxygen atoms in total. The Morgan fingerprint density at radius 1 is 1.30 bits per heavy atom. The molecule has 0 spiro atoms. The summed E-state index contributed by atoms with van der Waals surface area (Å²) in [5.74, 6) is 3.53. The molecule has 0 bridgehead atoms. The van der Waals surface area contributed by atoms with Gasteiger partial charge in [-0.15, -0.1) is 24.0 Å². The van der Waals surface area contributed by atoms with Gasteiger partial charge in [-0.2, -0.15) is 11.8 Å². The van der Waals surface area contributed by atoms with Crippen LogP contribution >= 0.6 is 35.7 Å². The average Bonchev–Trinajstić information content (AvgIpc) is 3.23. The van der Waals surface area contributed by atoms with Gasteiger partial charge in [-0.05, 0) is 50.3 Å². The van der Waals surface area contributed by atoms with Gasteiger partial charge in [0.05, 0.1) is 31.8 Å². The average molecular weight is 552 g/mol. The van der Waals surface area contributed by atoms with Gasteiger partial charge in [0.15, 0.2) is 5.96 Å². The number of ether oxygens (including phenoxy) is 2. The molecule has 0 aromatic heterocycles. The molecule has 2 fully saturated rings. The van der Waals surface area contributed by atoms with Crippen molar-refractivity contribution < 1.29 is 13.9 Å². The van der Waals surface area contributed by atoms with Crippen molar-refractivity contribution in [3.8, 4) is 5.75 Å². The molecule has 2 heterocycles. The quantitative estimate of drug-likeness (QED) is 0.294. The van der Waals surface area contributed by atoms with Crippen molar-refractivity contribution in [1.82, 2.24) is 15.5 Å². The Hall–Kier alpha value is -0.780. The lowest BCUT2D eigenvalue weighted by Gasteiger charge is -2.42. The number of guanidine groups is 1. The number of morpholine rings is 1. The molecule has 1 aromatic rings. The summed E-state index contributed by atoms with van der Waals surface area (Å²) in [5.41, 5.74) is 0.132. The van der Waals surface area contributed by atoms with E-state index in [1.165, 1.54) is 24.3 Å². The van der Waals surface area contributed by atoms with E-state index in [9.17, 15) is 4.39 Å². The number of nitrogens with one attached hydrogen (secondary N) is 2. The molecular weight excluding hydrogens is 518 g/mol. The maximum absolute atomic E-state index is 13.0. The van der Waals surface area contributed by atoms with Crippen LogP contribution in [-0.2, 0) is 4.74 Å². The van der Waals surface area contributed by atoms with Gasteiger partial charge in [0.1, 0.15) is 17.7 Å². The first-order chi connectivity index (χ1) is 14.1. The van der Waals surface area contributed by atoms with E-state index in [-0.39, 0.29) is 41.4 Å². The second-order valence-corrected chi connectivity index (χ2v) is 8.69. The Morgan fingerprint density at radius 2 is 2.03 bits per heavy atom. The van der Waals surface area contributed by atoms with Crippen LogP contribution in [0.5, 0.6) is 5.75 Å². The summed E-state index contributed by atoms with van der Waals surface area (Å²) >= 11 is 2.02. The van der Waals surface area contributed by atoms with E-state index < -0.39 is 0 Å². The molecule has 2 N–H and O–H groups in total. The highest BCUT2D eigenvalue weighted by molar-refractivity contribution is 14.0. The largest absolute Gasteiger partial charge is 0.489 e. The minimum Gasteiger partial charge on any atom is -0.489 e. The summed E-state index contributed by atoms with van der Waals surface area (Å²) in [7, 11) is 0. The van der Waals surface area contributed by atoms with Gasteiger partial charge in [-0.3, -0.25) is 9.89 Å². The number of benzene rings is 1. The fourth-order valence-corrected chi connectivity index (χ4v) is 5.17. The molecule has 9 heteroatoms. The van der Waals surface area contributed by atoms with Gasteiger partial charge in [0.25, 0.3) is 0 Å². The Kier molecular flexibility index (Phi) is 11.0. The van der Waals surface area contributed by atoms with Crippen molar-refractivity contribution in [1.29, 1.82) is 0 Å². The highest BCUT2D eigenvalue weighted by atomic mass is 127. The molecule has 0 saturated carbocycles. The van der Waals surface area contributed by atoms with Crippen LogP contribution in [-0.4, -0.2) is 79.9 Å². The van der Waals surface area contributed by atoms with Crippen LogP contribution in [0.2, 0.25) is 0 Å². The Bertz CT molecular complexity index is 653. The number of thioether (sulfide) groups is 1. The normalized spacial score (nSPS) is 23.5. The highest BCUT2D eigenvalue weighted by Gasteiger charge is 2.40. The van der Waals surface area contributed by atoms with Crippen LogP contribution in [0.25, 0.3) is 0 Å². The monoisotopic (exact) mass is 552 g/mol. The first-order valence-electron chi connectivity index (χ1n) is 10.5. The zero-order valence-corrected chi connectivity index (χ0v) is 21.0. The second-order valence-electron chi connectivity index (χ2n) is 7.58. The van der Waals surface area contributed by atoms with E-state index in [1.54, 1.807) is 12.1 Å². The lowest BCUT2D eigenvalue weighted by Crippen LogP contribution is -2.56. The zero-order valence-electron chi connectivity index (χ0n) is 17.9. The van der Waals surface area contributed by atoms with Gasteiger partial charge in [0, 0.05) is 25.4 Å². The molecule has 0 aliphatic carbocycles. The summed E-state index contributed by atoms with van der Waals surface area (Å²) < 4.78 is 24.4. The number of rotatable bonds is 8. The van der Waals surface area contributed by atoms with Gasteiger partial charge in [0.2, 0.25) is 0 Å². The maximum Gasteiger partial charge on any atom is 0.191 e. The van der Waals surface area contributed by atoms with E-state index in [4.69, 9.17) is 14.5 Å². The molecule has 2 aliphatic rings. The zero-order chi connectivity index (χ0) is 20.5. The molecule has 2 aliphatic heterocycles. The lowest BCUT2D eigenvalue weighted by molar-refractivity contribution is -0.0104. The SMILES string of the molecule is CCNC(=NCC1(N2CCOCC2)CCSC1)NCC(C)Oc1ccc(F)cc1.I. The summed E-state index contributed by atoms with van der Waals surface area (Å²) in [5, 5.41) is 6.72. The first kappa shape index (κ1) is 25.5. The molecule has 1 aromatic carbocycles. The third kappa shape index (κ3) is 7.42. The van der Waals surface area contributed by atoms with Gasteiger partial charge in [-0.25, -0.2) is 4.39 Å². The summed E-state index contributed by atoms with van der Waals surface area (Å²) in [6.45, 7) is 9.86. The molecule has 30 heavy (non-hydrogen) atoms. The molecule has 2 unspecified atom stereocenters. The Morgan fingerprint density at radius 3 is 2.67 bits per heavy atom. The molecule has 2 atom stereocenters. The number of aliphatic imine (C=N–C) groups is 1. The van der Waals surface area contributed by atoms with E-state index >= 15 is 0 Å². The fourth-order valence-electron chi connectivity index (χ4n) is 3.70. The molecule has 0 radical (unpaired) electrons. The third-order valence-corrected chi connectivity index (χ3v) is 6.58. The van der Waals surface area contributed by atoms with E-state index in [0.29, 0.717) is 12.3 Å². The van der Waals surface area contributed by atoms with Crippen molar-refractivity contribution in [2.75, 3.05) is 57.4 Å². The summed E-state index contributed by atoms with van der Waals surface area (Å²) in [6.07, 6.45) is 1.10. The van der Waals surface area contributed by atoms with E-state index in [2.05, 4.69) is 22.5 Å². The molecule has 0 amide bonds. The van der Waals surface area contributed by atoms with E-state index in [0.717, 1.165) is 51.1 Å². The van der Waals surface area contributed by atoms with E-state index in [1.807, 2.05) is 18.7 Å². The molecule has 2 saturated heterocycles. The predicted molar refractivity (Wildman–Crippen MR) is 133 cm³/mol. The number of hydrogen-bond donors (Lipinski definition) is 2. The minimum atomic E-state index is -0.260. The number of hydrogen-bond acceptors (Lipinski definition) is 5. The van der Waals surface area contributed by atoms with Crippen molar-refractivity contribution in [3.05, 3.63) is 30.1 Å². The van der Waals surface area contributed by atoms with Gasteiger partial charge in [-0.1, -0.05) is 0 Å². The van der Waals surface area contributed by atoms with Gasteiger partial charge < -0.3 is 20.1 Å². The van der Waals surface area contributed by atoms with Gasteiger partial charge >= 0.3 is 0 Å².